The van der Waals surface area contributed by atoms with Crippen molar-refractivity contribution in [3.8, 4) is 0 Å². The summed E-state index contributed by atoms with van der Waals surface area (Å²) in [6.45, 7) is 4.16. The van der Waals surface area contributed by atoms with Crippen molar-refractivity contribution in [2.75, 3.05) is 38.2 Å². The molecule has 2 aromatic rings. The van der Waals surface area contributed by atoms with Crippen LogP contribution in [0, 0.1) is 0 Å². The van der Waals surface area contributed by atoms with Crippen LogP contribution < -0.4 is 5.32 Å². The molecule has 1 unspecified atom stereocenters. The molecule has 0 aliphatic carbocycles. The molecule has 1 atom stereocenters. The maximum absolute atomic E-state index is 6.02. The Morgan fingerprint density at radius 1 is 1.13 bits per heavy atom. The summed E-state index contributed by atoms with van der Waals surface area (Å²) in [5, 5.41) is 4.70. The average Bonchev–Trinajstić information content (AvgIpc) is 2.58. The van der Waals surface area contributed by atoms with E-state index >= 15 is 0 Å². The number of benzene rings is 1. The zero-order valence-corrected chi connectivity index (χ0v) is 14.2. The van der Waals surface area contributed by atoms with E-state index in [0.717, 1.165) is 43.6 Å². The topological polar surface area (TPSA) is 37.4 Å². The number of hydrogen-bond donors (Lipinski definition) is 1. The van der Waals surface area contributed by atoms with Gasteiger partial charge in [0.15, 0.2) is 0 Å². The van der Waals surface area contributed by atoms with Gasteiger partial charge in [-0.3, -0.25) is 4.90 Å². The number of morpholine rings is 1. The first-order valence-corrected chi connectivity index (χ1v) is 8.40. The molecular formula is C17H19Cl2N3O. The minimum absolute atomic E-state index is 0.253. The molecule has 1 aliphatic heterocycles. The molecule has 0 bridgehead atoms. The molecule has 0 radical (unpaired) electrons. The van der Waals surface area contributed by atoms with Crippen LogP contribution >= 0.6 is 23.2 Å². The molecule has 1 fully saturated rings. The lowest BCUT2D eigenvalue weighted by atomic mass is 10.0. The van der Waals surface area contributed by atoms with Crippen molar-refractivity contribution in [3.63, 3.8) is 0 Å². The fourth-order valence-electron chi connectivity index (χ4n) is 2.76. The minimum Gasteiger partial charge on any atom is -0.383 e. The van der Waals surface area contributed by atoms with E-state index < -0.39 is 0 Å². The molecule has 1 aromatic heterocycles. The highest BCUT2D eigenvalue weighted by atomic mass is 35.5. The number of halogens is 2. The van der Waals surface area contributed by atoms with Gasteiger partial charge in [-0.15, -0.1) is 0 Å². The summed E-state index contributed by atoms with van der Waals surface area (Å²) >= 11 is 12.0. The second-order valence-corrected chi connectivity index (χ2v) is 6.29. The number of nitrogens with zero attached hydrogens (tertiary/aromatic N) is 2. The zero-order valence-electron chi connectivity index (χ0n) is 12.7. The Hall–Kier alpha value is -1.33. The average molecular weight is 352 g/mol. The van der Waals surface area contributed by atoms with Gasteiger partial charge in [0.25, 0.3) is 0 Å². The standard InChI is InChI=1S/C17H19Cl2N3O/c18-14-3-1-13(2-4-14)16(22-7-9-23-10-8-22)12-21-15-5-6-20-17(19)11-15/h1-6,11,16H,7-10,12H2,(H,20,21). The fraction of sp³-hybridized carbons (Fsp3) is 0.353. The van der Waals surface area contributed by atoms with E-state index in [1.165, 1.54) is 5.56 Å². The summed E-state index contributed by atoms with van der Waals surface area (Å²) in [6, 6.07) is 12.1. The summed E-state index contributed by atoms with van der Waals surface area (Å²) in [4.78, 5) is 6.44. The van der Waals surface area contributed by atoms with Crippen LogP contribution in [-0.2, 0) is 4.74 Å². The van der Waals surface area contributed by atoms with Crippen molar-refractivity contribution in [3.05, 3.63) is 58.3 Å². The largest absolute Gasteiger partial charge is 0.383 e. The highest BCUT2D eigenvalue weighted by Crippen LogP contribution is 2.24. The van der Waals surface area contributed by atoms with Gasteiger partial charge in [-0.1, -0.05) is 35.3 Å². The van der Waals surface area contributed by atoms with Crippen molar-refractivity contribution >= 4 is 28.9 Å². The molecule has 2 heterocycles. The highest BCUT2D eigenvalue weighted by molar-refractivity contribution is 6.30. The molecule has 1 aromatic carbocycles. The van der Waals surface area contributed by atoms with Gasteiger partial charge < -0.3 is 10.1 Å². The van der Waals surface area contributed by atoms with E-state index in [2.05, 4.69) is 27.3 Å². The summed E-state index contributed by atoms with van der Waals surface area (Å²) in [5.41, 5.74) is 2.21. The normalized spacial score (nSPS) is 17.0. The monoisotopic (exact) mass is 351 g/mol. The maximum Gasteiger partial charge on any atom is 0.131 e. The molecule has 23 heavy (non-hydrogen) atoms. The van der Waals surface area contributed by atoms with E-state index in [1.807, 2.05) is 24.3 Å². The Balaban J connectivity index is 1.75. The van der Waals surface area contributed by atoms with Crippen molar-refractivity contribution in [1.29, 1.82) is 0 Å². The van der Waals surface area contributed by atoms with Crippen LogP contribution in [0.15, 0.2) is 42.6 Å². The number of pyridine rings is 1. The van der Waals surface area contributed by atoms with Gasteiger partial charge in [-0.05, 0) is 29.8 Å². The summed E-state index contributed by atoms with van der Waals surface area (Å²) in [7, 11) is 0. The lowest BCUT2D eigenvalue weighted by Crippen LogP contribution is -2.41. The number of rotatable bonds is 5. The first-order valence-electron chi connectivity index (χ1n) is 7.65. The van der Waals surface area contributed by atoms with E-state index in [-0.39, 0.29) is 6.04 Å². The summed E-state index contributed by atoms with van der Waals surface area (Å²) < 4.78 is 5.47. The van der Waals surface area contributed by atoms with Gasteiger partial charge in [-0.25, -0.2) is 4.98 Å². The number of nitrogens with one attached hydrogen (secondary N) is 1. The Bertz CT molecular complexity index is 630. The summed E-state index contributed by atoms with van der Waals surface area (Å²) in [6.07, 6.45) is 1.71. The number of ether oxygens (including phenoxy) is 1. The molecule has 0 amide bonds. The van der Waals surface area contributed by atoms with Crippen molar-refractivity contribution < 1.29 is 4.74 Å². The van der Waals surface area contributed by atoms with Crippen LogP contribution in [0.5, 0.6) is 0 Å². The molecule has 1 saturated heterocycles. The van der Waals surface area contributed by atoms with E-state index in [0.29, 0.717) is 5.15 Å². The van der Waals surface area contributed by atoms with Crippen LogP contribution in [0.25, 0.3) is 0 Å². The molecule has 0 saturated carbocycles. The third-order valence-electron chi connectivity index (χ3n) is 3.97. The Kier molecular flexibility index (Phi) is 5.73. The van der Waals surface area contributed by atoms with Crippen LogP contribution in [0.1, 0.15) is 11.6 Å². The van der Waals surface area contributed by atoms with Gasteiger partial charge in [0.1, 0.15) is 5.15 Å². The Morgan fingerprint density at radius 2 is 1.87 bits per heavy atom. The van der Waals surface area contributed by atoms with Crippen molar-refractivity contribution in [1.82, 2.24) is 9.88 Å². The molecule has 0 spiro atoms. The molecule has 4 nitrogen and oxygen atoms in total. The molecule has 6 heteroatoms. The maximum atomic E-state index is 6.02. The lowest BCUT2D eigenvalue weighted by Gasteiger charge is -2.35. The number of anilines is 1. The predicted molar refractivity (Wildman–Crippen MR) is 94.3 cm³/mol. The van der Waals surface area contributed by atoms with Crippen LogP contribution in [0.4, 0.5) is 5.69 Å². The zero-order chi connectivity index (χ0) is 16.1. The number of aromatic nitrogens is 1. The van der Waals surface area contributed by atoms with E-state index in [9.17, 15) is 0 Å². The van der Waals surface area contributed by atoms with Gasteiger partial charge in [0, 0.05) is 36.5 Å². The predicted octanol–water partition coefficient (Wildman–Crippen LogP) is 3.87. The van der Waals surface area contributed by atoms with Crippen molar-refractivity contribution in [2.45, 2.75) is 6.04 Å². The number of hydrogen-bond acceptors (Lipinski definition) is 4. The second kappa shape index (κ2) is 7.97. The van der Waals surface area contributed by atoms with Crippen LogP contribution in [-0.4, -0.2) is 42.7 Å². The quantitative estimate of drug-likeness (QED) is 0.829. The van der Waals surface area contributed by atoms with Crippen LogP contribution in [0.2, 0.25) is 10.2 Å². The SMILES string of the molecule is Clc1ccc(C(CNc2ccnc(Cl)c2)N2CCOCC2)cc1. The van der Waals surface area contributed by atoms with Crippen molar-refractivity contribution in [2.24, 2.45) is 0 Å². The lowest BCUT2D eigenvalue weighted by molar-refractivity contribution is 0.0187. The third-order valence-corrected chi connectivity index (χ3v) is 4.43. The van der Waals surface area contributed by atoms with Gasteiger partial charge in [0.05, 0.1) is 19.3 Å². The van der Waals surface area contributed by atoms with E-state index in [1.54, 1.807) is 6.20 Å². The smallest absolute Gasteiger partial charge is 0.131 e. The first-order chi connectivity index (χ1) is 11.2. The minimum atomic E-state index is 0.253. The van der Waals surface area contributed by atoms with Gasteiger partial charge in [-0.2, -0.15) is 0 Å². The van der Waals surface area contributed by atoms with Crippen LogP contribution in [0.3, 0.4) is 0 Å². The van der Waals surface area contributed by atoms with E-state index in [4.69, 9.17) is 27.9 Å². The fourth-order valence-corrected chi connectivity index (χ4v) is 3.06. The second-order valence-electron chi connectivity index (χ2n) is 5.46. The molecule has 122 valence electrons. The molecule has 1 N–H and O–H groups in total. The molecule has 3 rings (SSSR count). The summed E-state index contributed by atoms with van der Waals surface area (Å²) in [5.74, 6) is 0. The Morgan fingerprint density at radius 3 is 2.57 bits per heavy atom. The Labute approximate surface area is 146 Å². The molecular weight excluding hydrogens is 333 g/mol. The first kappa shape index (κ1) is 16.5. The molecule has 1 aliphatic rings. The van der Waals surface area contributed by atoms with Gasteiger partial charge >= 0.3 is 0 Å². The highest BCUT2D eigenvalue weighted by Gasteiger charge is 2.22. The van der Waals surface area contributed by atoms with Gasteiger partial charge in [0.2, 0.25) is 0 Å². The third kappa shape index (κ3) is 4.58.